The molecular formula is C13H17BrOS. The normalized spacial score (nSPS) is 12.8. The Labute approximate surface area is 110 Å². The summed E-state index contributed by atoms with van der Waals surface area (Å²) in [5.41, 5.74) is 1.21. The van der Waals surface area contributed by atoms with Crippen LogP contribution in [0.25, 0.3) is 0 Å². The fourth-order valence-corrected chi connectivity index (χ4v) is 2.96. The molecule has 1 unspecified atom stereocenters. The summed E-state index contributed by atoms with van der Waals surface area (Å²) in [5, 5.41) is 0.578. The van der Waals surface area contributed by atoms with Crippen LogP contribution in [0.3, 0.4) is 0 Å². The predicted octanol–water partition coefficient (Wildman–Crippen LogP) is 4.64. The Hall–Kier alpha value is -0.280. The van der Waals surface area contributed by atoms with Gasteiger partial charge in [0.1, 0.15) is 6.29 Å². The average molecular weight is 301 g/mol. The first kappa shape index (κ1) is 13.8. The van der Waals surface area contributed by atoms with E-state index in [-0.39, 0.29) is 0 Å². The van der Waals surface area contributed by atoms with Crippen LogP contribution in [0.15, 0.2) is 27.6 Å². The van der Waals surface area contributed by atoms with Gasteiger partial charge in [-0.05, 0) is 39.5 Å². The van der Waals surface area contributed by atoms with Crippen molar-refractivity contribution < 1.29 is 4.79 Å². The molecule has 0 aromatic heterocycles. The summed E-state index contributed by atoms with van der Waals surface area (Å²) >= 11 is 5.43. The molecule has 3 heteroatoms. The number of hydrogen-bond acceptors (Lipinski definition) is 2. The fourth-order valence-electron chi connectivity index (χ4n) is 1.45. The Balaban J connectivity index is 2.85. The zero-order chi connectivity index (χ0) is 12.1. The highest BCUT2D eigenvalue weighted by Gasteiger charge is 2.09. The van der Waals surface area contributed by atoms with E-state index < -0.39 is 0 Å². The van der Waals surface area contributed by atoms with Crippen molar-refractivity contribution in [1.29, 1.82) is 0 Å². The maximum atomic E-state index is 10.5. The van der Waals surface area contributed by atoms with E-state index in [1.54, 1.807) is 0 Å². The molecule has 88 valence electrons. The predicted molar refractivity (Wildman–Crippen MR) is 74.2 cm³/mol. The van der Waals surface area contributed by atoms with Crippen LogP contribution in [-0.2, 0) is 4.79 Å². The summed E-state index contributed by atoms with van der Waals surface area (Å²) < 4.78 is 1.13. The SMILES string of the molecule is CC(C)Sc1ccc(C(C)CC=O)cc1Br. The van der Waals surface area contributed by atoms with Crippen LogP contribution in [0.4, 0.5) is 0 Å². The molecule has 0 N–H and O–H groups in total. The lowest BCUT2D eigenvalue weighted by atomic mass is 9.99. The topological polar surface area (TPSA) is 17.1 Å². The third-order valence-electron chi connectivity index (χ3n) is 2.34. The van der Waals surface area contributed by atoms with Gasteiger partial charge in [0, 0.05) is 21.0 Å². The average Bonchev–Trinajstić information content (AvgIpc) is 2.20. The summed E-state index contributed by atoms with van der Waals surface area (Å²) in [7, 11) is 0. The number of thioether (sulfide) groups is 1. The number of hydrogen-bond donors (Lipinski definition) is 0. The van der Waals surface area contributed by atoms with Crippen molar-refractivity contribution in [3.63, 3.8) is 0 Å². The lowest BCUT2D eigenvalue weighted by molar-refractivity contribution is -0.108. The summed E-state index contributed by atoms with van der Waals surface area (Å²) in [5.74, 6) is 0.298. The highest BCUT2D eigenvalue weighted by molar-refractivity contribution is 9.10. The van der Waals surface area contributed by atoms with Crippen molar-refractivity contribution in [2.24, 2.45) is 0 Å². The van der Waals surface area contributed by atoms with Gasteiger partial charge in [0.25, 0.3) is 0 Å². The highest BCUT2D eigenvalue weighted by atomic mass is 79.9. The maximum absolute atomic E-state index is 10.5. The number of carbonyl (C=O) groups excluding carboxylic acids is 1. The van der Waals surface area contributed by atoms with Gasteiger partial charge in [0.05, 0.1) is 0 Å². The van der Waals surface area contributed by atoms with Crippen LogP contribution in [0.1, 0.15) is 38.7 Å². The van der Waals surface area contributed by atoms with E-state index in [0.29, 0.717) is 17.6 Å². The molecule has 0 spiro atoms. The van der Waals surface area contributed by atoms with Crippen LogP contribution in [-0.4, -0.2) is 11.5 Å². The maximum Gasteiger partial charge on any atom is 0.120 e. The molecule has 0 radical (unpaired) electrons. The molecule has 0 aliphatic rings. The van der Waals surface area contributed by atoms with E-state index in [9.17, 15) is 4.79 Å². The molecule has 1 rings (SSSR count). The molecule has 16 heavy (non-hydrogen) atoms. The van der Waals surface area contributed by atoms with Gasteiger partial charge in [-0.15, -0.1) is 11.8 Å². The van der Waals surface area contributed by atoms with Gasteiger partial charge in [0.15, 0.2) is 0 Å². The standard InChI is InChI=1S/C13H17BrOS/c1-9(2)16-13-5-4-11(8-12(13)14)10(3)6-7-15/h4-5,7-10H,6H2,1-3H3. The zero-order valence-corrected chi connectivity index (χ0v) is 12.3. The molecule has 0 amide bonds. The Morgan fingerprint density at radius 2 is 2.06 bits per heavy atom. The zero-order valence-electron chi connectivity index (χ0n) is 9.87. The lowest BCUT2D eigenvalue weighted by Gasteiger charge is -2.12. The Morgan fingerprint density at radius 3 is 2.56 bits per heavy atom. The molecule has 0 aliphatic heterocycles. The Morgan fingerprint density at radius 1 is 1.38 bits per heavy atom. The van der Waals surface area contributed by atoms with Gasteiger partial charge in [-0.25, -0.2) is 0 Å². The Bertz CT molecular complexity index is 363. The molecule has 0 heterocycles. The lowest BCUT2D eigenvalue weighted by Crippen LogP contribution is -1.95. The van der Waals surface area contributed by atoms with Crippen LogP contribution in [0.2, 0.25) is 0 Å². The minimum atomic E-state index is 0.298. The van der Waals surface area contributed by atoms with E-state index in [2.05, 4.69) is 54.9 Å². The number of aldehydes is 1. The first-order valence-electron chi connectivity index (χ1n) is 5.44. The molecule has 0 fully saturated rings. The first-order chi connectivity index (χ1) is 7.54. The largest absolute Gasteiger partial charge is 0.303 e. The van der Waals surface area contributed by atoms with E-state index in [1.165, 1.54) is 10.5 Å². The van der Waals surface area contributed by atoms with Crippen molar-refractivity contribution in [3.05, 3.63) is 28.2 Å². The van der Waals surface area contributed by atoms with E-state index in [4.69, 9.17) is 0 Å². The van der Waals surface area contributed by atoms with Crippen LogP contribution >= 0.6 is 27.7 Å². The molecule has 0 aliphatic carbocycles. The van der Waals surface area contributed by atoms with Crippen molar-refractivity contribution in [2.75, 3.05) is 0 Å². The van der Waals surface area contributed by atoms with Gasteiger partial charge >= 0.3 is 0 Å². The van der Waals surface area contributed by atoms with Gasteiger partial charge in [-0.1, -0.05) is 26.8 Å². The van der Waals surface area contributed by atoms with Gasteiger partial charge in [0.2, 0.25) is 0 Å². The fraction of sp³-hybridized carbons (Fsp3) is 0.462. The number of rotatable bonds is 5. The third kappa shape index (κ3) is 3.95. The molecule has 0 bridgehead atoms. The van der Waals surface area contributed by atoms with E-state index in [0.717, 1.165) is 10.8 Å². The Kier molecular flexibility index (Phi) is 5.56. The number of carbonyl (C=O) groups is 1. The monoisotopic (exact) mass is 300 g/mol. The second kappa shape index (κ2) is 6.45. The smallest absolute Gasteiger partial charge is 0.120 e. The van der Waals surface area contributed by atoms with Crippen molar-refractivity contribution in [2.45, 2.75) is 43.3 Å². The first-order valence-corrected chi connectivity index (χ1v) is 7.11. The van der Waals surface area contributed by atoms with Gasteiger partial charge < -0.3 is 4.79 Å². The van der Waals surface area contributed by atoms with Crippen molar-refractivity contribution in [3.8, 4) is 0 Å². The molecule has 1 aromatic carbocycles. The molecule has 1 aromatic rings. The quantitative estimate of drug-likeness (QED) is 0.582. The highest BCUT2D eigenvalue weighted by Crippen LogP contribution is 2.33. The summed E-state index contributed by atoms with van der Waals surface area (Å²) in [6.45, 7) is 6.44. The number of halogens is 1. The van der Waals surface area contributed by atoms with Crippen LogP contribution in [0, 0.1) is 0 Å². The van der Waals surface area contributed by atoms with Crippen LogP contribution in [0.5, 0.6) is 0 Å². The number of benzene rings is 1. The van der Waals surface area contributed by atoms with E-state index in [1.807, 2.05) is 11.8 Å². The molecular weight excluding hydrogens is 284 g/mol. The van der Waals surface area contributed by atoms with Gasteiger partial charge in [-0.2, -0.15) is 0 Å². The third-order valence-corrected chi connectivity index (χ3v) is 4.34. The molecule has 0 saturated carbocycles. The molecule has 0 saturated heterocycles. The molecule has 1 nitrogen and oxygen atoms in total. The molecule has 1 atom stereocenters. The van der Waals surface area contributed by atoms with Gasteiger partial charge in [-0.3, -0.25) is 0 Å². The van der Waals surface area contributed by atoms with Crippen molar-refractivity contribution in [1.82, 2.24) is 0 Å². The minimum Gasteiger partial charge on any atom is -0.303 e. The second-order valence-corrected chi connectivity index (χ2v) is 6.63. The second-order valence-electron chi connectivity index (χ2n) is 4.16. The van der Waals surface area contributed by atoms with Crippen LogP contribution < -0.4 is 0 Å². The summed E-state index contributed by atoms with van der Waals surface area (Å²) in [6, 6.07) is 6.37. The summed E-state index contributed by atoms with van der Waals surface area (Å²) in [6.07, 6.45) is 1.57. The van der Waals surface area contributed by atoms with E-state index >= 15 is 0 Å². The minimum absolute atomic E-state index is 0.298. The van der Waals surface area contributed by atoms with Crippen molar-refractivity contribution >= 4 is 34.0 Å². The summed E-state index contributed by atoms with van der Waals surface area (Å²) in [4.78, 5) is 11.7.